The van der Waals surface area contributed by atoms with Gasteiger partial charge in [0.15, 0.2) is 0 Å². The summed E-state index contributed by atoms with van der Waals surface area (Å²) in [5, 5.41) is 8.61. The number of hydrogen-bond donors (Lipinski definition) is 1. The fourth-order valence-electron chi connectivity index (χ4n) is 3.01. The van der Waals surface area contributed by atoms with Gasteiger partial charge in [0.2, 0.25) is 0 Å². The third-order valence-corrected chi connectivity index (χ3v) is 4.33. The van der Waals surface area contributed by atoms with Crippen LogP contribution in [0.2, 0.25) is 0 Å². The van der Waals surface area contributed by atoms with E-state index < -0.39 is 0 Å². The van der Waals surface area contributed by atoms with Crippen molar-refractivity contribution in [3.63, 3.8) is 0 Å². The number of aromatic nitrogens is 4. The third kappa shape index (κ3) is 3.01. The Morgan fingerprint density at radius 2 is 2.17 bits per heavy atom. The number of hydrogen-bond acceptors (Lipinski definition) is 4. The summed E-state index contributed by atoms with van der Waals surface area (Å²) in [5.41, 5.74) is 3.57. The highest BCUT2D eigenvalue weighted by Gasteiger charge is 2.11. The second kappa shape index (κ2) is 6.42. The molecule has 1 fully saturated rings. The van der Waals surface area contributed by atoms with Gasteiger partial charge in [-0.25, -0.2) is 4.98 Å². The van der Waals surface area contributed by atoms with Crippen molar-refractivity contribution in [2.45, 2.75) is 12.8 Å². The summed E-state index contributed by atoms with van der Waals surface area (Å²) in [6.45, 7) is 2.09. The van der Waals surface area contributed by atoms with Crippen LogP contribution < -0.4 is 5.32 Å². The zero-order valence-electron chi connectivity index (χ0n) is 13.7. The molecule has 1 N–H and O–H groups in total. The van der Waals surface area contributed by atoms with Crippen molar-refractivity contribution in [2.75, 3.05) is 13.1 Å². The Morgan fingerprint density at radius 3 is 2.96 bits per heavy atom. The Balaban J connectivity index is 1.79. The predicted molar refractivity (Wildman–Crippen MR) is 94.2 cm³/mol. The molecule has 3 aromatic heterocycles. The molecule has 1 aliphatic rings. The van der Waals surface area contributed by atoms with Gasteiger partial charge < -0.3 is 5.32 Å². The van der Waals surface area contributed by atoms with Crippen molar-refractivity contribution in [3.05, 3.63) is 42.5 Å². The topological polar surface area (TPSA) is 55.6 Å². The van der Waals surface area contributed by atoms with E-state index >= 15 is 0 Å². The Bertz CT molecular complexity index is 926. The molecule has 0 atom stereocenters. The molecule has 0 saturated carbocycles. The van der Waals surface area contributed by atoms with Crippen LogP contribution in [0.5, 0.6) is 0 Å². The van der Waals surface area contributed by atoms with E-state index in [0.717, 1.165) is 53.8 Å². The van der Waals surface area contributed by atoms with Gasteiger partial charge in [-0.1, -0.05) is 5.92 Å². The summed E-state index contributed by atoms with van der Waals surface area (Å²) in [4.78, 5) is 9.27. The van der Waals surface area contributed by atoms with Crippen LogP contribution in [0.1, 0.15) is 18.5 Å². The molecule has 0 unspecified atom stereocenters. The summed E-state index contributed by atoms with van der Waals surface area (Å²) >= 11 is 0. The maximum Gasteiger partial charge on any atom is 0.123 e. The third-order valence-electron chi connectivity index (χ3n) is 4.33. The zero-order chi connectivity index (χ0) is 16.4. The van der Waals surface area contributed by atoms with Crippen LogP contribution in [-0.4, -0.2) is 32.8 Å². The van der Waals surface area contributed by atoms with Crippen LogP contribution in [0.4, 0.5) is 0 Å². The smallest absolute Gasteiger partial charge is 0.123 e. The predicted octanol–water partition coefficient (Wildman–Crippen LogP) is 2.38. The lowest BCUT2D eigenvalue weighted by Crippen LogP contribution is -2.26. The molecule has 24 heavy (non-hydrogen) atoms. The van der Waals surface area contributed by atoms with Crippen molar-refractivity contribution < 1.29 is 0 Å². The van der Waals surface area contributed by atoms with Gasteiger partial charge in [-0.2, -0.15) is 5.10 Å². The summed E-state index contributed by atoms with van der Waals surface area (Å²) in [5.74, 6) is 7.18. The molecule has 120 valence electrons. The summed E-state index contributed by atoms with van der Waals surface area (Å²) < 4.78 is 1.78. The molecule has 1 saturated heterocycles. The minimum Gasteiger partial charge on any atom is -0.317 e. The first-order chi connectivity index (χ1) is 11.8. The quantitative estimate of drug-likeness (QED) is 0.700. The van der Waals surface area contributed by atoms with Crippen LogP contribution in [0, 0.1) is 17.8 Å². The van der Waals surface area contributed by atoms with Gasteiger partial charge in [0.25, 0.3) is 0 Å². The van der Waals surface area contributed by atoms with E-state index in [4.69, 9.17) is 4.98 Å². The van der Waals surface area contributed by atoms with E-state index in [1.165, 1.54) is 0 Å². The zero-order valence-corrected chi connectivity index (χ0v) is 13.7. The second-order valence-electron chi connectivity index (χ2n) is 6.12. The fraction of sp³-hybridized carbons (Fsp3) is 0.316. The van der Waals surface area contributed by atoms with Crippen molar-refractivity contribution >= 4 is 10.9 Å². The average Bonchev–Trinajstić information content (AvgIpc) is 3.07. The fourth-order valence-corrected chi connectivity index (χ4v) is 3.01. The SMILES string of the molecule is Cn1cc(-c2cc3ncccc3c(C#CC3CCNCC3)n2)cn1. The van der Waals surface area contributed by atoms with Crippen molar-refractivity contribution in [1.29, 1.82) is 0 Å². The highest BCUT2D eigenvalue weighted by atomic mass is 15.2. The molecule has 4 heterocycles. The lowest BCUT2D eigenvalue weighted by atomic mass is 9.98. The first-order valence-electron chi connectivity index (χ1n) is 8.26. The maximum absolute atomic E-state index is 4.79. The highest BCUT2D eigenvalue weighted by molar-refractivity contribution is 5.86. The number of aryl methyl sites for hydroxylation is 1. The molecule has 1 aliphatic heterocycles. The summed E-state index contributed by atoms with van der Waals surface area (Å²) in [7, 11) is 1.90. The molecule has 5 heteroatoms. The van der Waals surface area contributed by atoms with Gasteiger partial charge in [-0.05, 0) is 50.1 Å². The van der Waals surface area contributed by atoms with Crippen molar-refractivity contribution in [3.8, 4) is 23.1 Å². The van der Waals surface area contributed by atoms with Gasteiger partial charge >= 0.3 is 0 Å². The lowest BCUT2D eigenvalue weighted by molar-refractivity contribution is 0.447. The van der Waals surface area contributed by atoms with E-state index in [1.807, 2.05) is 37.6 Å². The molecule has 4 rings (SSSR count). The monoisotopic (exact) mass is 317 g/mol. The van der Waals surface area contributed by atoms with Crippen molar-refractivity contribution in [2.24, 2.45) is 13.0 Å². The number of nitrogens with zero attached hydrogens (tertiary/aromatic N) is 4. The highest BCUT2D eigenvalue weighted by Crippen LogP contribution is 2.23. The van der Waals surface area contributed by atoms with Gasteiger partial charge in [0, 0.05) is 36.3 Å². The van der Waals surface area contributed by atoms with Crippen LogP contribution in [-0.2, 0) is 7.05 Å². The Kier molecular flexibility index (Phi) is 3.97. The Labute approximate surface area is 141 Å². The van der Waals surface area contributed by atoms with Gasteiger partial charge in [0.1, 0.15) is 5.69 Å². The van der Waals surface area contributed by atoms with Gasteiger partial charge in [0.05, 0.1) is 17.4 Å². The second-order valence-corrected chi connectivity index (χ2v) is 6.12. The van der Waals surface area contributed by atoms with Crippen LogP contribution in [0.3, 0.4) is 0 Å². The molecule has 5 nitrogen and oxygen atoms in total. The van der Waals surface area contributed by atoms with Gasteiger partial charge in [-0.15, -0.1) is 0 Å². The standard InChI is InChI=1S/C19H19N5/c1-24-13-15(12-22-24)18-11-19-16(3-2-8-21-19)17(23-18)5-4-14-6-9-20-10-7-14/h2-3,8,11-14,20H,6-7,9-10H2,1H3. The number of fused-ring (bicyclic) bond motifs is 1. The molecule has 0 bridgehead atoms. The van der Waals surface area contributed by atoms with E-state index in [1.54, 1.807) is 10.9 Å². The van der Waals surface area contributed by atoms with Crippen LogP contribution >= 0.6 is 0 Å². The first-order valence-corrected chi connectivity index (χ1v) is 8.26. The maximum atomic E-state index is 4.79. The first kappa shape index (κ1) is 14.9. The summed E-state index contributed by atoms with van der Waals surface area (Å²) in [6.07, 6.45) is 7.79. The number of piperidine rings is 1. The molecule has 0 aromatic carbocycles. The average molecular weight is 317 g/mol. The minimum absolute atomic E-state index is 0.446. The molecular formula is C19H19N5. The van der Waals surface area contributed by atoms with Crippen LogP contribution in [0.25, 0.3) is 22.2 Å². The molecule has 0 amide bonds. The van der Waals surface area contributed by atoms with E-state index in [-0.39, 0.29) is 0 Å². The van der Waals surface area contributed by atoms with E-state index in [9.17, 15) is 0 Å². The van der Waals surface area contributed by atoms with E-state index in [2.05, 4.69) is 27.2 Å². The van der Waals surface area contributed by atoms with Gasteiger partial charge in [-0.3, -0.25) is 9.67 Å². The molecular weight excluding hydrogens is 298 g/mol. The Hall–Kier alpha value is -2.71. The van der Waals surface area contributed by atoms with E-state index in [0.29, 0.717) is 5.92 Å². The number of pyridine rings is 2. The normalized spacial score (nSPS) is 15.2. The lowest BCUT2D eigenvalue weighted by Gasteiger charge is -2.17. The molecule has 0 aliphatic carbocycles. The van der Waals surface area contributed by atoms with Crippen LogP contribution in [0.15, 0.2) is 36.8 Å². The molecule has 3 aromatic rings. The number of nitrogens with one attached hydrogen (secondary N) is 1. The molecule has 0 radical (unpaired) electrons. The summed E-state index contributed by atoms with van der Waals surface area (Å²) in [6, 6.07) is 5.97. The van der Waals surface area contributed by atoms with Crippen molar-refractivity contribution in [1.82, 2.24) is 25.1 Å². The Morgan fingerprint density at radius 1 is 1.29 bits per heavy atom. The largest absolute Gasteiger partial charge is 0.317 e. The molecule has 0 spiro atoms. The minimum atomic E-state index is 0.446. The number of rotatable bonds is 1.